The van der Waals surface area contributed by atoms with Gasteiger partial charge in [0.15, 0.2) is 12.4 Å². The van der Waals surface area contributed by atoms with Crippen molar-refractivity contribution in [2.75, 3.05) is 0 Å². The summed E-state index contributed by atoms with van der Waals surface area (Å²) in [6, 6.07) is 13.3. The molecule has 0 aliphatic rings. The molecule has 0 aliphatic carbocycles. The van der Waals surface area contributed by atoms with E-state index in [1.54, 1.807) is 0 Å². The van der Waals surface area contributed by atoms with Crippen LogP contribution >= 0.6 is 0 Å². The van der Waals surface area contributed by atoms with Gasteiger partial charge in [0.2, 0.25) is 0 Å². The fourth-order valence-corrected chi connectivity index (χ4v) is 1.91. The van der Waals surface area contributed by atoms with E-state index < -0.39 is 0 Å². The lowest BCUT2D eigenvalue weighted by Crippen LogP contribution is -2.30. The number of aromatic nitrogens is 1. The molecule has 1 aromatic carbocycles. The van der Waals surface area contributed by atoms with Crippen molar-refractivity contribution in [1.82, 2.24) is 0 Å². The summed E-state index contributed by atoms with van der Waals surface area (Å²) in [6.45, 7) is 5.33. The average molecular weight is 226 g/mol. The van der Waals surface area contributed by atoms with E-state index in [1.807, 2.05) is 0 Å². The van der Waals surface area contributed by atoms with Gasteiger partial charge in [-0.25, -0.2) is 4.57 Å². The smallest absolute Gasteiger partial charge is 0.169 e. The number of hydrogen-bond donors (Lipinski definition) is 0. The fourth-order valence-electron chi connectivity index (χ4n) is 1.91. The third-order valence-corrected chi connectivity index (χ3v) is 3.15. The maximum atomic E-state index is 2.23. The Hall–Kier alpha value is -1.63. The second-order valence-electron chi connectivity index (χ2n) is 4.52. The Kier molecular flexibility index (Phi) is 3.92. The third kappa shape index (κ3) is 3.42. The molecular weight excluding hydrogens is 206 g/mol. The number of hydrogen-bond acceptors (Lipinski definition) is 0. The standard InChI is InChI=1S/C16H20N/c1-3-17-12-10-16(11-13-17)9-8-15-6-4-14(2)5-7-15/h4-7,10-13H,3,8-9H2,1-2H3/q+1. The average Bonchev–Trinajstić information content (AvgIpc) is 2.39. The highest BCUT2D eigenvalue weighted by Crippen LogP contribution is 2.07. The Morgan fingerprint density at radius 3 is 1.88 bits per heavy atom. The van der Waals surface area contributed by atoms with Crippen LogP contribution in [0.4, 0.5) is 0 Å². The minimum Gasteiger partial charge on any atom is -0.205 e. The first-order valence-corrected chi connectivity index (χ1v) is 6.31. The van der Waals surface area contributed by atoms with Crippen molar-refractivity contribution in [2.45, 2.75) is 33.2 Å². The van der Waals surface area contributed by atoms with Crippen LogP contribution in [0.5, 0.6) is 0 Å². The highest BCUT2D eigenvalue weighted by molar-refractivity contribution is 5.22. The van der Waals surface area contributed by atoms with E-state index in [0.29, 0.717) is 0 Å². The summed E-state index contributed by atoms with van der Waals surface area (Å²) in [4.78, 5) is 0. The van der Waals surface area contributed by atoms with E-state index in [1.165, 1.54) is 16.7 Å². The Morgan fingerprint density at radius 2 is 1.35 bits per heavy atom. The summed E-state index contributed by atoms with van der Waals surface area (Å²) in [5.41, 5.74) is 4.16. The summed E-state index contributed by atoms with van der Waals surface area (Å²) >= 11 is 0. The molecule has 0 N–H and O–H groups in total. The molecule has 0 amide bonds. The molecule has 2 aromatic rings. The van der Waals surface area contributed by atoms with Crippen molar-refractivity contribution < 1.29 is 4.57 Å². The van der Waals surface area contributed by atoms with E-state index >= 15 is 0 Å². The zero-order valence-corrected chi connectivity index (χ0v) is 10.7. The lowest BCUT2D eigenvalue weighted by molar-refractivity contribution is -0.693. The van der Waals surface area contributed by atoms with Gasteiger partial charge in [-0.2, -0.15) is 0 Å². The highest BCUT2D eigenvalue weighted by atomic mass is 14.9. The quantitative estimate of drug-likeness (QED) is 0.705. The molecule has 0 saturated carbocycles. The first-order valence-electron chi connectivity index (χ1n) is 6.31. The minimum absolute atomic E-state index is 1.04. The van der Waals surface area contributed by atoms with Crippen LogP contribution in [0.15, 0.2) is 48.8 Å². The van der Waals surface area contributed by atoms with Gasteiger partial charge in [-0.1, -0.05) is 29.8 Å². The van der Waals surface area contributed by atoms with Gasteiger partial charge in [0.1, 0.15) is 6.54 Å². The summed E-state index contributed by atoms with van der Waals surface area (Å²) in [5.74, 6) is 0. The largest absolute Gasteiger partial charge is 0.205 e. The monoisotopic (exact) mass is 226 g/mol. The van der Waals surface area contributed by atoms with Gasteiger partial charge in [0.05, 0.1) is 0 Å². The van der Waals surface area contributed by atoms with Crippen LogP contribution in [-0.2, 0) is 19.4 Å². The molecule has 0 aliphatic heterocycles. The molecule has 88 valence electrons. The van der Waals surface area contributed by atoms with Crippen LogP contribution in [0.2, 0.25) is 0 Å². The molecule has 0 atom stereocenters. The summed E-state index contributed by atoms with van der Waals surface area (Å²) in [7, 11) is 0. The van der Waals surface area contributed by atoms with Gasteiger partial charge in [0.25, 0.3) is 0 Å². The van der Waals surface area contributed by atoms with E-state index in [-0.39, 0.29) is 0 Å². The van der Waals surface area contributed by atoms with Gasteiger partial charge in [-0.05, 0) is 37.8 Å². The van der Waals surface area contributed by atoms with E-state index in [9.17, 15) is 0 Å². The van der Waals surface area contributed by atoms with Crippen LogP contribution in [0.25, 0.3) is 0 Å². The predicted molar refractivity (Wildman–Crippen MR) is 70.9 cm³/mol. The minimum atomic E-state index is 1.04. The molecule has 1 nitrogen and oxygen atoms in total. The molecule has 1 heteroatoms. The molecule has 0 saturated heterocycles. The third-order valence-electron chi connectivity index (χ3n) is 3.15. The molecule has 0 bridgehead atoms. The Bertz CT molecular complexity index is 454. The van der Waals surface area contributed by atoms with Crippen LogP contribution in [0.1, 0.15) is 23.6 Å². The van der Waals surface area contributed by atoms with Gasteiger partial charge in [0, 0.05) is 12.1 Å². The normalized spacial score (nSPS) is 10.5. The van der Waals surface area contributed by atoms with Gasteiger partial charge in [-0.3, -0.25) is 0 Å². The summed E-state index contributed by atoms with van der Waals surface area (Å²) in [5, 5.41) is 0. The van der Waals surface area contributed by atoms with Gasteiger partial charge < -0.3 is 0 Å². The van der Waals surface area contributed by atoms with Crippen LogP contribution in [0.3, 0.4) is 0 Å². The van der Waals surface area contributed by atoms with Crippen LogP contribution < -0.4 is 4.57 Å². The zero-order chi connectivity index (χ0) is 12.1. The van der Waals surface area contributed by atoms with Crippen molar-refractivity contribution >= 4 is 0 Å². The SMILES string of the molecule is CC[n+]1ccc(CCc2ccc(C)cc2)cc1. The lowest BCUT2D eigenvalue weighted by atomic mass is 10.0. The Balaban J connectivity index is 1.95. The van der Waals surface area contributed by atoms with Crippen molar-refractivity contribution in [3.63, 3.8) is 0 Å². The lowest BCUT2D eigenvalue weighted by Gasteiger charge is -2.02. The maximum absolute atomic E-state index is 2.23. The zero-order valence-electron chi connectivity index (χ0n) is 10.7. The first-order chi connectivity index (χ1) is 8.28. The number of benzene rings is 1. The second-order valence-corrected chi connectivity index (χ2v) is 4.52. The molecule has 17 heavy (non-hydrogen) atoms. The van der Waals surface area contributed by atoms with E-state index in [0.717, 1.165) is 19.4 Å². The highest BCUT2D eigenvalue weighted by Gasteiger charge is 1.99. The molecule has 1 heterocycles. The second kappa shape index (κ2) is 5.62. The van der Waals surface area contributed by atoms with Crippen LogP contribution in [-0.4, -0.2) is 0 Å². The first kappa shape index (κ1) is 11.8. The molecule has 1 aromatic heterocycles. The number of aryl methyl sites for hydroxylation is 4. The molecular formula is C16H20N+. The molecule has 0 unspecified atom stereocenters. The maximum Gasteiger partial charge on any atom is 0.169 e. The van der Waals surface area contributed by atoms with E-state index in [4.69, 9.17) is 0 Å². The van der Waals surface area contributed by atoms with Gasteiger partial charge in [-0.15, -0.1) is 0 Å². The Labute approximate surface area is 104 Å². The molecule has 2 rings (SSSR count). The van der Waals surface area contributed by atoms with Crippen molar-refractivity contribution in [1.29, 1.82) is 0 Å². The topological polar surface area (TPSA) is 3.88 Å². The summed E-state index contributed by atoms with van der Waals surface area (Å²) < 4.78 is 2.19. The van der Waals surface area contributed by atoms with Gasteiger partial charge >= 0.3 is 0 Å². The van der Waals surface area contributed by atoms with E-state index in [2.05, 4.69) is 67.2 Å². The number of rotatable bonds is 4. The number of pyridine rings is 1. The van der Waals surface area contributed by atoms with Crippen molar-refractivity contribution in [3.05, 3.63) is 65.5 Å². The molecule has 0 fully saturated rings. The molecule has 0 spiro atoms. The van der Waals surface area contributed by atoms with Crippen molar-refractivity contribution in [3.8, 4) is 0 Å². The van der Waals surface area contributed by atoms with Crippen LogP contribution in [0, 0.1) is 6.92 Å². The molecule has 0 radical (unpaired) electrons. The summed E-state index contributed by atoms with van der Waals surface area (Å²) in [6.07, 6.45) is 6.55. The Morgan fingerprint density at radius 1 is 0.824 bits per heavy atom. The van der Waals surface area contributed by atoms with Crippen molar-refractivity contribution in [2.24, 2.45) is 0 Å². The predicted octanol–water partition coefficient (Wildman–Crippen LogP) is 3.09. The number of nitrogens with zero attached hydrogens (tertiary/aromatic N) is 1. The fraction of sp³-hybridized carbons (Fsp3) is 0.312.